The van der Waals surface area contributed by atoms with Crippen molar-refractivity contribution < 1.29 is 9.53 Å². The lowest BCUT2D eigenvalue weighted by molar-refractivity contribution is 0.0904. The molecule has 1 aromatic rings. The van der Waals surface area contributed by atoms with Gasteiger partial charge in [0.2, 0.25) is 0 Å². The van der Waals surface area contributed by atoms with Gasteiger partial charge in [-0.3, -0.25) is 4.79 Å². The maximum atomic E-state index is 12.4. The molecule has 4 nitrogen and oxygen atoms in total. The van der Waals surface area contributed by atoms with Gasteiger partial charge in [0.25, 0.3) is 5.91 Å². The van der Waals surface area contributed by atoms with Crippen molar-refractivity contribution in [2.24, 2.45) is 5.92 Å². The Balaban J connectivity index is 2.04. The molecule has 4 heteroatoms. The number of nitrogen functional groups attached to an aromatic ring is 1. The normalized spacial score (nSPS) is 21.8. The van der Waals surface area contributed by atoms with Crippen LogP contribution in [0.25, 0.3) is 0 Å². The Bertz CT molecular complexity index is 488. The second-order valence-electron chi connectivity index (χ2n) is 5.72. The topological polar surface area (TPSA) is 64.3 Å². The van der Waals surface area contributed by atoms with Crippen molar-refractivity contribution in [2.45, 2.75) is 52.0 Å². The van der Waals surface area contributed by atoms with Gasteiger partial charge in [0.15, 0.2) is 0 Å². The Morgan fingerprint density at radius 2 is 2.10 bits per heavy atom. The van der Waals surface area contributed by atoms with Crippen LogP contribution in [0.1, 0.15) is 56.3 Å². The molecule has 1 aliphatic rings. The summed E-state index contributed by atoms with van der Waals surface area (Å²) >= 11 is 0. The van der Waals surface area contributed by atoms with E-state index in [0.717, 1.165) is 12.8 Å². The Kier molecular flexibility index (Phi) is 5.48. The first-order valence-electron chi connectivity index (χ1n) is 7.98. The second kappa shape index (κ2) is 7.34. The second-order valence-corrected chi connectivity index (χ2v) is 5.72. The molecule has 1 fully saturated rings. The smallest absolute Gasteiger partial charge is 0.251 e. The molecule has 0 bridgehead atoms. The zero-order valence-electron chi connectivity index (χ0n) is 13.0. The van der Waals surface area contributed by atoms with Crippen molar-refractivity contribution >= 4 is 11.6 Å². The highest BCUT2D eigenvalue weighted by molar-refractivity contribution is 5.95. The van der Waals surface area contributed by atoms with Crippen molar-refractivity contribution in [2.75, 3.05) is 12.3 Å². The number of amides is 1. The molecule has 3 N–H and O–H groups in total. The number of ether oxygens (including phenoxy) is 1. The highest BCUT2D eigenvalue weighted by Crippen LogP contribution is 2.27. The zero-order chi connectivity index (χ0) is 15.2. The first kappa shape index (κ1) is 15.7. The molecule has 2 rings (SSSR count). The lowest BCUT2D eigenvalue weighted by Crippen LogP contribution is -2.41. The number of hydrogen-bond acceptors (Lipinski definition) is 3. The molecule has 1 aliphatic carbocycles. The number of benzene rings is 1. The summed E-state index contributed by atoms with van der Waals surface area (Å²) in [6.45, 7) is 4.67. The Labute approximate surface area is 127 Å². The maximum absolute atomic E-state index is 12.4. The molecule has 116 valence electrons. The third-order valence-corrected chi connectivity index (χ3v) is 4.32. The fourth-order valence-corrected chi connectivity index (χ4v) is 3.11. The quantitative estimate of drug-likeness (QED) is 0.817. The fourth-order valence-electron chi connectivity index (χ4n) is 3.11. The van der Waals surface area contributed by atoms with Crippen LogP contribution in [-0.2, 0) is 0 Å². The van der Waals surface area contributed by atoms with Crippen molar-refractivity contribution in [1.29, 1.82) is 0 Å². The van der Waals surface area contributed by atoms with E-state index in [1.807, 2.05) is 6.92 Å². The van der Waals surface area contributed by atoms with Crippen LogP contribution in [-0.4, -0.2) is 18.6 Å². The minimum absolute atomic E-state index is 0.0323. The lowest BCUT2D eigenvalue weighted by atomic mass is 9.83. The van der Waals surface area contributed by atoms with E-state index in [1.54, 1.807) is 18.2 Å². The molecule has 0 radical (unpaired) electrons. The van der Waals surface area contributed by atoms with E-state index in [1.165, 1.54) is 19.3 Å². The van der Waals surface area contributed by atoms with Gasteiger partial charge >= 0.3 is 0 Å². The molecule has 1 aromatic carbocycles. The summed E-state index contributed by atoms with van der Waals surface area (Å²) in [7, 11) is 0. The van der Waals surface area contributed by atoms with Crippen LogP contribution >= 0.6 is 0 Å². The van der Waals surface area contributed by atoms with Gasteiger partial charge in [-0.05, 0) is 43.9 Å². The van der Waals surface area contributed by atoms with Crippen molar-refractivity contribution in [3.63, 3.8) is 0 Å². The number of carbonyl (C=O) groups excluding carboxylic acids is 1. The summed E-state index contributed by atoms with van der Waals surface area (Å²) in [6.07, 6.45) is 5.90. The van der Waals surface area contributed by atoms with Gasteiger partial charge in [0.05, 0.1) is 12.3 Å². The van der Waals surface area contributed by atoms with Gasteiger partial charge in [0.1, 0.15) is 5.75 Å². The molecule has 0 aliphatic heterocycles. The molecule has 0 aromatic heterocycles. The molecule has 1 amide bonds. The molecule has 1 saturated carbocycles. The fraction of sp³-hybridized carbons (Fsp3) is 0.588. The van der Waals surface area contributed by atoms with Crippen LogP contribution in [0.4, 0.5) is 5.69 Å². The van der Waals surface area contributed by atoms with E-state index < -0.39 is 0 Å². The third kappa shape index (κ3) is 3.90. The van der Waals surface area contributed by atoms with Crippen LogP contribution in [0.15, 0.2) is 18.2 Å². The highest BCUT2D eigenvalue weighted by Gasteiger charge is 2.25. The van der Waals surface area contributed by atoms with E-state index >= 15 is 0 Å². The van der Waals surface area contributed by atoms with E-state index in [2.05, 4.69) is 12.2 Å². The molecule has 21 heavy (non-hydrogen) atoms. The van der Waals surface area contributed by atoms with Gasteiger partial charge in [-0.1, -0.05) is 26.2 Å². The Morgan fingerprint density at radius 3 is 2.76 bits per heavy atom. The molecular formula is C17H26N2O2. The molecule has 0 spiro atoms. The number of anilines is 1. The van der Waals surface area contributed by atoms with Crippen LogP contribution in [0.2, 0.25) is 0 Å². The van der Waals surface area contributed by atoms with Crippen LogP contribution < -0.4 is 15.8 Å². The first-order chi connectivity index (χ1) is 10.2. The van der Waals surface area contributed by atoms with Gasteiger partial charge < -0.3 is 15.8 Å². The summed E-state index contributed by atoms with van der Waals surface area (Å²) in [6, 6.07) is 5.54. The lowest BCUT2D eigenvalue weighted by Gasteiger charge is -2.31. The average molecular weight is 290 g/mol. The van der Waals surface area contributed by atoms with E-state index in [-0.39, 0.29) is 5.91 Å². The van der Waals surface area contributed by atoms with Crippen molar-refractivity contribution in [3.05, 3.63) is 23.8 Å². The third-order valence-electron chi connectivity index (χ3n) is 4.32. The largest absolute Gasteiger partial charge is 0.492 e. The predicted molar refractivity (Wildman–Crippen MR) is 85.5 cm³/mol. The van der Waals surface area contributed by atoms with Crippen molar-refractivity contribution in [1.82, 2.24) is 5.32 Å². The van der Waals surface area contributed by atoms with E-state index in [4.69, 9.17) is 10.5 Å². The van der Waals surface area contributed by atoms with E-state index in [9.17, 15) is 4.79 Å². The SMILES string of the molecule is CCOc1ccc(C(=O)NC2CCCCC2CC)cc1N. The number of nitrogens with one attached hydrogen (secondary N) is 1. The number of hydrogen-bond donors (Lipinski definition) is 2. The van der Waals surface area contributed by atoms with Gasteiger partial charge in [0, 0.05) is 11.6 Å². The number of nitrogens with two attached hydrogens (primary N) is 1. The first-order valence-corrected chi connectivity index (χ1v) is 7.98. The molecule has 2 unspecified atom stereocenters. The minimum atomic E-state index is -0.0323. The van der Waals surface area contributed by atoms with Crippen LogP contribution in [0.3, 0.4) is 0 Å². The summed E-state index contributed by atoms with van der Waals surface area (Å²) < 4.78 is 5.40. The van der Waals surface area contributed by atoms with Crippen LogP contribution in [0, 0.1) is 5.92 Å². The van der Waals surface area contributed by atoms with Gasteiger partial charge in [-0.2, -0.15) is 0 Å². The molecule has 2 atom stereocenters. The van der Waals surface area contributed by atoms with Gasteiger partial charge in [-0.25, -0.2) is 0 Å². The predicted octanol–water partition coefficient (Wildman–Crippen LogP) is 3.37. The summed E-state index contributed by atoms with van der Waals surface area (Å²) in [4.78, 5) is 12.4. The molecule has 0 saturated heterocycles. The number of rotatable bonds is 5. The van der Waals surface area contributed by atoms with E-state index in [0.29, 0.717) is 35.6 Å². The summed E-state index contributed by atoms with van der Waals surface area (Å²) in [5.74, 6) is 1.20. The Hall–Kier alpha value is -1.71. The van der Waals surface area contributed by atoms with Gasteiger partial charge in [-0.15, -0.1) is 0 Å². The van der Waals surface area contributed by atoms with Crippen molar-refractivity contribution in [3.8, 4) is 5.75 Å². The molecule has 0 heterocycles. The molecular weight excluding hydrogens is 264 g/mol. The highest BCUT2D eigenvalue weighted by atomic mass is 16.5. The average Bonchev–Trinajstić information content (AvgIpc) is 2.50. The number of carbonyl (C=O) groups is 1. The minimum Gasteiger partial charge on any atom is -0.492 e. The summed E-state index contributed by atoms with van der Waals surface area (Å²) in [5, 5.41) is 3.18. The Morgan fingerprint density at radius 1 is 1.33 bits per heavy atom. The maximum Gasteiger partial charge on any atom is 0.251 e. The van der Waals surface area contributed by atoms with Crippen LogP contribution in [0.5, 0.6) is 5.75 Å². The standard InChI is InChI=1S/C17H26N2O2/c1-3-12-7-5-6-8-15(12)19-17(20)13-9-10-16(21-4-2)14(18)11-13/h9-12,15H,3-8,18H2,1-2H3,(H,19,20). The summed E-state index contributed by atoms with van der Waals surface area (Å²) in [5.41, 5.74) is 7.05. The zero-order valence-corrected chi connectivity index (χ0v) is 13.0. The monoisotopic (exact) mass is 290 g/mol.